The summed E-state index contributed by atoms with van der Waals surface area (Å²) in [6.45, 7) is 1.37. The molecule has 0 spiro atoms. The standard InChI is InChI=1S/C24H24ClF3N4O/c1-14-16(10-12-21(29-14)24(26,27)28)23(33)30-15-9-11-18(25)17(13-15)22-31-19-7-5-3-2-4-6-8-20(19)32-22/h9-13H,2-8H2,1H3,(H,30,33)(H,31,32). The number of amides is 1. The van der Waals surface area contributed by atoms with Crippen molar-refractivity contribution in [2.75, 3.05) is 5.32 Å². The molecule has 1 amide bonds. The van der Waals surface area contributed by atoms with Crippen molar-refractivity contribution in [3.05, 3.63) is 63.7 Å². The molecule has 3 aromatic rings. The molecular weight excluding hydrogens is 453 g/mol. The van der Waals surface area contributed by atoms with Gasteiger partial charge in [0, 0.05) is 16.9 Å². The predicted molar refractivity (Wildman–Crippen MR) is 121 cm³/mol. The van der Waals surface area contributed by atoms with Crippen LogP contribution in [-0.2, 0) is 19.0 Å². The van der Waals surface area contributed by atoms with Crippen molar-refractivity contribution in [2.24, 2.45) is 0 Å². The van der Waals surface area contributed by atoms with Crippen LogP contribution in [0.5, 0.6) is 0 Å². The molecule has 2 heterocycles. The molecule has 33 heavy (non-hydrogen) atoms. The summed E-state index contributed by atoms with van der Waals surface area (Å²) in [5.74, 6) is 0.0963. The fourth-order valence-electron chi connectivity index (χ4n) is 4.05. The van der Waals surface area contributed by atoms with Crippen molar-refractivity contribution in [3.63, 3.8) is 0 Å². The molecule has 4 rings (SSSR count). The maximum atomic E-state index is 12.9. The highest BCUT2D eigenvalue weighted by Crippen LogP contribution is 2.32. The van der Waals surface area contributed by atoms with E-state index in [-0.39, 0.29) is 11.3 Å². The van der Waals surface area contributed by atoms with Crippen LogP contribution < -0.4 is 5.32 Å². The minimum atomic E-state index is -4.57. The molecule has 2 aromatic heterocycles. The van der Waals surface area contributed by atoms with Gasteiger partial charge in [-0.3, -0.25) is 4.79 Å². The molecule has 1 aliphatic carbocycles. The van der Waals surface area contributed by atoms with Crippen LogP contribution in [0.2, 0.25) is 5.02 Å². The zero-order valence-electron chi connectivity index (χ0n) is 18.2. The Morgan fingerprint density at radius 3 is 2.48 bits per heavy atom. The molecule has 5 nitrogen and oxygen atoms in total. The van der Waals surface area contributed by atoms with Crippen LogP contribution in [0.3, 0.4) is 0 Å². The Bertz CT molecular complexity index is 1150. The van der Waals surface area contributed by atoms with Crippen molar-refractivity contribution >= 4 is 23.2 Å². The number of hydrogen-bond acceptors (Lipinski definition) is 3. The molecule has 0 radical (unpaired) electrons. The van der Waals surface area contributed by atoms with Crippen molar-refractivity contribution in [1.82, 2.24) is 15.0 Å². The lowest BCUT2D eigenvalue weighted by Gasteiger charge is -2.11. The Morgan fingerprint density at radius 1 is 1.03 bits per heavy atom. The van der Waals surface area contributed by atoms with Crippen LogP contribution in [0.25, 0.3) is 11.4 Å². The Hall–Kier alpha value is -2.87. The minimum Gasteiger partial charge on any atom is -0.342 e. The summed E-state index contributed by atoms with van der Waals surface area (Å²) in [5.41, 5.74) is 2.33. The molecule has 0 atom stereocenters. The molecule has 1 aliphatic rings. The highest BCUT2D eigenvalue weighted by Gasteiger charge is 2.33. The number of nitrogens with one attached hydrogen (secondary N) is 2. The Labute approximate surface area is 194 Å². The van der Waals surface area contributed by atoms with Crippen molar-refractivity contribution in [3.8, 4) is 11.4 Å². The van der Waals surface area contributed by atoms with E-state index in [4.69, 9.17) is 16.6 Å². The molecule has 0 bridgehead atoms. The summed E-state index contributed by atoms with van der Waals surface area (Å²) in [6.07, 6.45) is 3.15. The van der Waals surface area contributed by atoms with Gasteiger partial charge in [-0.05, 0) is 62.9 Å². The van der Waals surface area contributed by atoms with Crippen molar-refractivity contribution in [2.45, 2.75) is 58.0 Å². The average Bonchev–Trinajstić information content (AvgIpc) is 3.19. The molecule has 174 valence electrons. The molecule has 0 saturated heterocycles. The van der Waals surface area contributed by atoms with E-state index in [0.717, 1.165) is 49.2 Å². The summed E-state index contributed by atoms with van der Waals surface area (Å²) >= 11 is 6.43. The number of aromatic amines is 1. The minimum absolute atomic E-state index is 0.00160. The number of aromatic nitrogens is 3. The van der Waals surface area contributed by atoms with Gasteiger partial charge in [0.1, 0.15) is 11.5 Å². The smallest absolute Gasteiger partial charge is 0.342 e. The highest BCUT2D eigenvalue weighted by atomic mass is 35.5. The van der Waals surface area contributed by atoms with E-state index < -0.39 is 17.8 Å². The largest absolute Gasteiger partial charge is 0.433 e. The van der Waals surface area contributed by atoms with Crippen LogP contribution in [0.4, 0.5) is 18.9 Å². The maximum absolute atomic E-state index is 12.9. The maximum Gasteiger partial charge on any atom is 0.433 e. The van der Waals surface area contributed by atoms with Crippen LogP contribution in [0.1, 0.15) is 65.2 Å². The number of anilines is 1. The van der Waals surface area contributed by atoms with Gasteiger partial charge in [0.25, 0.3) is 5.91 Å². The number of H-pyrrole nitrogens is 1. The number of aryl methyl sites for hydroxylation is 3. The molecular formula is C24H24ClF3N4O. The first kappa shape index (κ1) is 23.3. The van der Waals surface area contributed by atoms with E-state index in [1.54, 1.807) is 18.2 Å². The molecule has 0 fully saturated rings. The van der Waals surface area contributed by atoms with Crippen LogP contribution in [0, 0.1) is 6.92 Å². The zero-order chi connectivity index (χ0) is 23.6. The lowest BCUT2D eigenvalue weighted by atomic mass is 10.1. The van der Waals surface area contributed by atoms with Gasteiger partial charge in [0.2, 0.25) is 0 Å². The Balaban J connectivity index is 1.58. The van der Waals surface area contributed by atoms with E-state index >= 15 is 0 Å². The number of nitrogens with zero attached hydrogens (tertiary/aromatic N) is 2. The molecule has 2 N–H and O–H groups in total. The van der Waals surface area contributed by atoms with Gasteiger partial charge >= 0.3 is 6.18 Å². The van der Waals surface area contributed by atoms with Crippen molar-refractivity contribution in [1.29, 1.82) is 0 Å². The van der Waals surface area contributed by atoms with Gasteiger partial charge in [-0.25, -0.2) is 9.97 Å². The monoisotopic (exact) mass is 476 g/mol. The first-order valence-corrected chi connectivity index (χ1v) is 11.3. The number of imidazole rings is 1. The Kier molecular flexibility index (Phi) is 6.74. The number of carbonyl (C=O) groups is 1. The van der Waals surface area contributed by atoms with E-state index in [1.807, 2.05) is 0 Å². The van der Waals surface area contributed by atoms with Gasteiger partial charge in [0.05, 0.1) is 22.0 Å². The first-order valence-electron chi connectivity index (χ1n) is 11.0. The summed E-state index contributed by atoms with van der Waals surface area (Å²) < 4.78 is 38.6. The van der Waals surface area contributed by atoms with E-state index in [0.29, 0.717) is 22.1 Å². The number of benzene rings is 1. The summed E-state index contributed by atoms with van der Waals surface area (Å²) in [5, 5.41) is 3.21. The van der Waals surface area contributed by atoms with Crippen molar-refractivity contribution < 1.29 is 18.0 Å². The number of pyridine rings is 1. The number of rotatable bonds is 3. The number of carbonyl (C=O) groups excluding carboxylic acids is 1. The molecule has 0 aliphatic heterocycles. The normalized spacial score (nSPS) is 14.7. The third-order valence-electron chi connectivity index (χ3n) is 5.80. The third kappa shape index (κ3) is 5.38. The lowest BCUT2D eigenvalue weighted by Crippen LogP contribution is -2.16. The molecule has 9 heteroatoms. The second-order valence-electron chi connectivity index (χ2n) is 8.25. The van der Waals surface area contributed by atoms with Crippen LogP contribution in [-0.4, -0.2) is 20.9 Å². The number of halogens is 4. The fraction of sp³-hybridized carbons (Fsp3) is 0.375. The number of hydrogen-bond donors (Lipinski definition) is 2. The van der Waals surface area contributed by atoms with Gasteiger partial charge in [0.15, 0.2) is 0 Å². The summed E-state index contributed by atoms with van der Waals surface area (Å²) in [4.78, 5) is 24.4. The lowest BCUT2D eigenvalue weighted by molar-refractivity contribution is -0.141. The number of fused-ring (bicyclic) bond motifs is 1. The highest BCUT2D eigenvalue weighted by molar-refractivity contribution is 6.33. The quantitative estimate of drug-likeness (QED) is 0.439. The second kappa shape index (κ2) is 9.55. The first-order chi connectivity index (χ1) is 15.7. The van der Waals surface area contributed by atoms with E-state index in [2.05, 4.69) is 15.3 Å². The number of alkyl halides is 3. The van der Waals surface area contributed by atoms with Crippen LogP contribution in [0.15, 0.2) is 30.3 Å². The Morgan fingerprint density at radius 2 is 1.76 bits per heavy atom. The predicted octanol–water partition coefficient (Wildman–Crippen LogP) is 6.75. The van der Waals surface area contributed by atoms with Gasteiger partial charge < -0.3 is 10.3 Å². The molecule has 0 saturated carbocycles. The van der Waals surface area contributed by atoms with Crippen LogP contribution >= 0.6 is 11.6 Å². The van der Waals surface area contributed by atoms with E-state index in [1.165, 1.54) is 26.2 Å². The SMILES string of the molecule is Cc1nc(C(F)(F)F)ccc1C(=O)Nc1ccc(Cl)c(-c2nc3c([nH]2)CCCCCCC3)c1. The van der Waals surface area contributed by atoms with Gasteiger partial charge in [-0.2, -0.15) is 13.2 Å². The van der Waals surface area contributed by atoms with Gasteiger partial charge in [-0.15, -0.1) is 0 Å². The second-order valence-corrected chi connectivity index (χ2v) is 8.66. The zero-order valence-corrected chi connectivity index (χ0v) is 18.9. The fourth-order valence-corrected chi connectivity index (χ4v) is 4.26. The molecule has 0 unspecified atom stereocenters. The topological polar surface area (TPSA) is 70.7 Å². The third-order valence-corrected chi connectivity index (χ3v) is 6.13. The average molecular weight is 477 g/mol. The van der Waals surface area contributed by atoms with Gasteiger partial charge in [-0.1, -0.05) is 30.9 Å². The summed E-state index contributed by atoms with van der Waals surface area (Å²) in [7, 11) is 0. The summed E-state index contributed by atoms with van der Waals surface area (Å²) in [6, 6.07) is 6.95. The molecule has 1 aromatic carbocycles. The van der Waals surface area contributed by atoms with E-state index in [9.17, 15) is 18.0 Å².